The summed E-state index contributed by atoms with van der Waals surface area (Å²) in [6.07, 6.45) is 3.80. The van der Waals surface area contributed by atoms with Gasteiger partial charge in [0.25, 0.3) is 0 Å². The standard InChI is InChI=1S/C19H21Cl2FN2O4/c1-11(19(27)28-2)23-18(26)13-7-9-24(10-8-13)15(25)6-4-12-3-5-14(22)17(21)16(12)20/h3-6,11,13H,7-10H2,1-2H3,(H,23,26)/b6-4+. The first-order chi connectivity index (χ1) is 13.2. The van der Waals surface area contributed by atoms with Crippen molar-refractivity contribution in [2.75, 3.05) is 20.2 Å². The normalized spacial score (nSPS) is 16.1. The minimum absolute atomic E-state index is 0.0424. The number of halogens is 3. The Morgan fingerprint density at radius 1 is 1.25 bits per heavy atom. The maximum Gasteiger partial charge on any atom is 0.328 e. The van der Waals surface area contributed by atoms with Crippen molar-refractivity contribution in [3.05, 3.63) is 39.6 Å². The quantitative estimate of drug-likeness (QED) is 0.442. The molecule has 1 aliphatic heterocycles. The molecule has 2 rings (SSSR count). The number of esters is 1. The van der Waals surface area contributed by atoms with Crippen LogP contribution in [0.15, 0.2) is 18.2 Å². The number of carbonyl (C=O) groups excluding carboxylic acids is 3. The average molecular weight is 431 g/mol. The lowest BCUT2D eigenvalue weighted by Crippen LogP contribution is -2.46. The van der Waals surface area contributed by atoms with Gasteiger partial charge >= 0.3 is 5.97 Å². The highest BCUT2D eigenvalue weighted by Crippen LogP contribution is 2.29. The lowest BCUT2D eigenvalue weighted by molar-refractivity contribution is -0.145. The zero-order chi connectivity index (χ0) is 20.8. The minimum atomic E-state index is -0.715. The third-order valence-corrected chi connectivity index (χ3v) is 5.43. The maximum atomic E-state index is 13.3. The Hall–Kier alpha value is -2.12. The minimum Gasteiger partial charge on any atom is -0.467 e. The molecule has 0 bridgehead atoms. The van der Waals surface area contributed by atoms with Gasteiger partial charge in [-0.1, -0.05) is 29.3 Å². The molecule has 1 aromatic carbocycles. The molecule has 0 saturated carbocycles. The summed E-state index contributed by atoms with van der Waals surface area (Å²) in [6.45, 7) is 2.37. The molecular weight excluding hydrogens is 410 g/mol. The van der Waals surface area contributed by atoms with Gasteiger partial charge in [-0.3, -0.25) is 9.59 Å². The molecule has 1 aromatic rings. The van der Waals surface area contributed by atoms with Gasteiger partial charge in [0.15, 0.2) is 0 Å². The zero-order valence-electron chi connectivity index (χ0n) is 15.5. The molecule has 0 aromatic heterocycles. The first kappa shape index (κ1) is 22.2. The van der Waals surface area contributed by atoms with E-state index in [1.807, 2.05) is 0 Å². The number of carbonyl (C=O) groups is 3. The van der Waals surface area contributed by atoms with Crippen molar-refractivity contribution in [2.24, 2.45) is 5.92 Å². The Balaban J connectivity index is 1.89. The lowest BCUT2D eigenvalue weighted by atomic mass is 9.95. The van der Waals surface area contributed by atoms with Crippen LogP contribution in [0.25, 0.3) is 6.08 Å². The number of nitrogens with zero attached hydrogens (tertiary/aromatic N) is 1. The topological polar surface area (TPSA) is 75.7 Å². The van der Waals surface area contributed by atoms with E-state index in [0.717, 1.165) is 0 Å². The molecule has 1 fully saturated rings. The first-order valence-corrected chi connectivity index (χ1v) is 9.48. The second-order valence-corrected chi connectivity index (χ2v) is 7.21. The number of methoxy groups -OCH3 is 1. The summed E-state index contributed by atoms with van der Waals surface area (Å²) in [7, 11) is 1.26. The molecule has 1 atom stereocenters. The Bertz CT molecular complexity index is 792. The molecule has 28 heavy (non-hydrogen) atoms. The molecule has 6 nitrogen and oxygen atoms in total. The van der Waals surface area contributed by atoms with Crippen LogP contribution in [-0.2, 0) is 19.1 Å². The van der Waals surface area contributed by atoms with Crippen molar-refractivity contribution >= 4 is 47.1 Å². The van der Waals surface area contributed by atoms with Gasteiger partial charge in [-0.2, -0.15) is 0 Å². The summed E-state index contributed by atoms with van der Waals surface area (Å²) in [5.41, 5.74) is 0.437. The monoisotopic (exact) mass is 430 g/mol. The van der Waals surface area contributed by atoms with Crippen molar-refractivity contribution in [1.82, 2.24) is 10.2 Å². The number of rotatable bonds is 5. The smallest absolute Gasteiger partial charge is 0.328 e. The largest absolute Gasteiger partial charge is 0.467 e. The number of hydrogen-bond donors (Lipinski definition) is 1. The molecule has 0 aliphatic carbocycles. The van der Waals surface area contributed by atoms with Crippen molar-refractivity contribution in [2.45, 2.75) is 25.8 Å². The fraction of sp³-hybridized carbons (Fsp3) is 0.421. The van der Waals surface area contributed by atoms with E-state index < -0.39 is 17.8 Å². The molecule has 1 heterocycles. The van der Waals surface area contributed by atoms with Crippen LogP contribution in [0.3, 0.4) is 0 Å². The fourth-order valence-electron chi connectivity index (χ4n) is 2.87. The summed E-state index contributed by atoms with van der Waals surface area (Å²) in [6, 6.07) is 1.90. The average Bonchev–Trinajstić information content (AvgIpc) is 2.70. The summed E-state index contributed by atoms with van der Waals surface area (Å²) in [4.78, 5) is 37.6. The number of benzene rings is 1. The third-order valence-electron chi connectivity index (χ3n) is 4.56. The molecule has 152 valence electrons. The third kappa shape index (κ3) is 5.45. The fourth-order valence-corrected chi connectivity index (χ4v) is 3.25. The highest BCUT2D eigenvalue weighted by molar-refractivity contribution is 6.43. The van der Waals surface area contributed by atoms with Crippen LogP contribution >= 0.6 is 23.2 Å². The van der Waals surface area contributed by atoms with Crippen molar-refractivity contribution in [3.63, 3.8) is 0 Å². The first-order valence-electron chi connectivity index (χ1n) is 8.73. The van der Waals surface area contributed by atoms with Gasteiger partial charge in [-0.25, -0.2) is 9.18 Å². The molecule has 0 radical (unpaired) electrons. The maximum absolute atomic E-state index is 13.3. The highest BCUT2D eigenvalue weighted by Gasteiger charge is 2.28. The van der Waals surface area contributed by atoms with E-state index in [4.69, 9.17) is 23.2 Å². The van der Waals surface area contributed by atoms with Crippen molar-refractivity contribution < 1.29 is 23.5 Å². The Morgan fingerprint density at radius 3 is 2.50 bits per heavy atom. The van der Waals surface area contributed by atoms with Crippen molar-refractivity contribution in [1.29, 1.82) is 0 Å². The number of piperidine rings is 1. The van der Waals surface area contributed by atoms with Crippen LogP contribution in [-0.4, -0.2) is 48.9 Å². The molecule has 2 amide bonds. The van der Waals surface area contributed by atoms with E-state index in [0.29, 0.717) is 31.5 Å². The number of hydrogen-bond acceptors (Lipinski definition) is 4. The van der Waals surface area contributed by atoms with E-state index in [1.54, 1.807) is 11.8 Å². The molecule has 1 N–H and O–H groups in total. The van der Waals surface area contributed by atoms with Crippen LogP contribution < -0.4 is 5.32 Å². The van der Waals surface area contributed by atoms with Gasteiger partial charge in [-0.15, -0.1) is 0 Å². The molecule has 9 heteroatoms. The Labute approximate surface area is 172 Å². The van der Waals surface area contributed by atoms with E-state index in [1.165, 1.54) is 31.4 Å². The summed E-state index contributed by atoms with van der Waals surface area (Å²) in [5.74, 6) is -1.88. The summed E-state index contributed by atoms with van der Waals surface area (Å²) >= 11 is 11.7. The van der Waals surface area contributed by atoms with Gasteiger partial charge in [0, 0.05) is 25.1 Å². The molecular formula is C19H21Cl2FN2O4. The van der Waals surface area contributed by atoms with Gasteiger partial charge in [0.2, 0.25) is 11.8 Å². The molecule has 1 aliphatic rings. The lowest BCUT2D eigenvalue weighted by Gasteiger charge is -2.31. The van der Waals surface area contributed by atoms with Crippen LogP contribution in [0, 0.1) is 11.7 Å². The van der Waals surface area contributed by atoms with Gasteiger partial charge in [-0.05, 0) is 37.5 Å². The Morgan fingerprint density at radius 2 is 1.89 bits per heavy atom. The number of amides is 2. The van der Waals surface area contributed by atoms with Crippen LogP contribution in [0.1, 0.15) is 25.3 Å². The highest BCUT2D eigenvalue weighted by atomic mass is 35.5. The van der Waals surface area contributed by atoms with Gasteiger partial charge in [0.05, 0.1) is 17.2 Å². The molecule has 1 unspecified atom stereocenters. The zero-order valence-corrected chi connectivity index (χ0v) is 17.0. The van der Waals surface area contributed by atoms with Crippen LogP contribution in [0.5, 0.6) is 0 Å². The predicted octanol–water partition coefficient (Wildman–Crippen LogP) is 3.06. The second-order valence-electron chi connectivity index (χ2n) is 6.45. The van der Waals surface area contributed by atoms with Gasteiger partial charge < -0.3 is 15.0 Å². The molecule has 0 spiro atoms. The number of nitrogens with one attached hydrogen (secondary N) is 1. The van der Waals surface area contributed by atoms with Crippen molar-refractivity contribution in [3.8, 4) is 0 Å². The van der Waals surface area contributed by atoms with Crippen LogP contribution in [0.4, 0.5) is 4.39 Å². The van der Waals surface area contributed by atoms with Crippen LogP contribution in [0.2, 0.25) is 10.0 Å². The van der Waals surface area contributed by atoms with E-state index in [-0.39, 0.29) is 27.8 Å². The van der Waals surface area contributed by atoms with E-state index >= 15 is 0 Å². The summed E-state index contributed by atoms with van der Waals surface area (Å²) in [5, 5.41) is 2.47. The van der Waals surface area contributed by atoms with E-state index in [2.05, 4.69) is 10.1 Å². The van der Waals surface area contributed by atoms with Gasteiger partial charge in [0.1, 0.15) is 11.9 Å². The molecule has 1 saturated heterocycles. The summed E-state index contributed by atoms with van der Waals surface area (Å²) < 4.78 is 17.9. The Kier molecular flexibility index (Phi) is 7.83. The second kappa shape index (κ2) is 9.89. The number of likely N-dealkylation sites (tertiary alicyclic amines) is 1. The SMILES string of the molecule is COC(=O)C(C)NC(=O)C1CCN(C(=O)/C=C/c2ccc(F)c(Cl)c2Cl)CC1. The predicted molar refractivity (Wildman–Crippen MR) is 104 cm³/mol. The number of ether oxygens (including phenoxy) is 1. The van der Waals surface area contributed by atoms with E-state index in [9.17, 15) is 18.8 Å².